The van der Waals surface area contributed by atoms with E-state index < -0.39 is 11.8 Å². The fourth-order valence-electron chi connectivity index (χ4n) is 2.12. The lowest BCUT2D eigenvalue weighted by Gasteiger charge is -2.14. The number of rotatable bonds is 5. The molecule has 0 aliphatic rings. The largest absolute Gasteiger partial charge is 0.349 e. The van der Waals surface area contributed by atoms with E-state index in [-0.39, 0.29) is 18.4 Å². The normalized spacial score (nSPS) is 11.3. The molecule has 1 atom stereocenters. The number of carbonyl (C=O) groups excluding carboxylic acids is 3. The smallest absolute Gasteiger partial charge is 0.270 e. The zero-order chi connectivity index (χ0) is 18.2. The quantitative estimate of drug-likeness (QED) is 0.669. The van der Waals surface area contributed by atoms with Crippen LogP contribution in [0.5, 0.6) is 0 Å². The number of amides is 3. The maximum atomic E-state index is 12.0. The van der Waals surface area contributed by atoms with Crippen LogP contribution in [0, 0.1) is 0 Å². The topological polar surface area (TPSA) is 87.3 Å². The molecule has 1 unspecified atom stereocenters. The van der Waals surface area contributed by atoms with Crippen molar-refractivity contribution in [1.82, 2.24) is 16.2 Å². The second kappa shape index (κ2) is 8.98. The van der Waals surface area contributed by atoms with Crippen molar-refractivity contribution in [3.63, 3.8) is 0 Å². The minimum absolute atomic E-state index is 0.0365. The Morgan fingerprint density at radius 2 is 1.56 bits per heavy atom. The standard InChI is InChI=1S/C18H18BrN3O3/c1-12(20-17(24)13-7-3-2-4-8-13)11-16(23)21-22-18(25)14-9-5-6-10-15(14)19/h2-10,12H,11H2,1H3,(H,20,24)(H,21,23)(H,22,25). The molecule has 0 heterocycles. The van der Waals surface area contributed by atoms with Gasteiger partial charge in [0, 0.05) is 22.5 Å². The predicted molar refractivity (Wildman–Crippen MR) is 97.7 cm³/mol. The molecule has 3 amide bonds. The minimum Gasteiger partial charge on any atom is -0.349 e. The van der Waals surface area contributed by atoms with E-state index in [0.29, 0.717) is 15.6 Å². The van der Waals surface area contributed by atoms with Gasteiger partial charge in [-0.3, -0.25) is 25.2 Å². The zero-order valence-electron chi connectivity index (χ0n) is 13.6. The van der Waals surface area contributed by atoms with Crippen LogP contribution in [-0.4, -0.2) is 23.8 Å². The molecule has 0 fully saturated rings. The van der Waals surface area contributed by atoms with Gasteiger partial charge in [-0.25, -0.2) is 0 Å². The van der Waals surface area contributed by atoms with Gasteiger partial charge in [-0.05, 0) is 47.1 Å². The molecule has 2 rings (SSSR count). The van der Waals surface area contributed by atoms with E-state index in [2.05, 4.69) is 32.1 Å². The Balaban J connectivity index is 1.79. The summed E-state index contributed by atoms with van der Waals surface area (Å²) in [5, 5.41) is 2.74. The van der Waals surface area contributed by atoms with Crippen LogP contribution in [0.2, 0.25) is 0 Å². The van der Waals surface area contributed by atoms with Crippen molar-refractivity contribution in [3.8, 4) is 0 Å². The van der Waals surface area contributed by atoms with Crippen LogP contribution in [0.15, 0.2) is 59.1 Å². The van der Waals surface area contributed by atoms with Gasteiger partial charge in [-0.1, -0.05) is 30.3 Å². The third-order valence-corrected chi connectivity index (χ3v) is 4.03. The lowest BCUT2D eigenvalue weighted by Crippen LogP contribution is -2.44. The highest BCUT2D eigenvalue weighted by molar-refractivity contribution is 9.10. The highest BCUT2D eigenvalue weighted by atomic mass is 79.9. The van der Waals surface area contributed by atoms with E-state index in [4.69, 9.17) is 0 Å². The van der Waals surface area contributed by atoms with Gasteiger partial charge in [-0.2, -0.15) is 0 Å². The van der Waals surface area contributed by atoms with Crippen LogP contribution in [0.3, 0.4) is 0 Å². The first-order valence-corrected chi connectivity index (χ1v) is 8.46. The Morgan fingerprint density at radius 3 is 2.24 bits per heavy atom. The second-order valence-electron chi connectivity index (χ2n) is 5.43. The predicted octanol–water partition coefficient (Wildman–Crippen LogP) is 2.42. The molecule has 2 aromatic carbocycles. The summed E-state index contributed by atoms with van der Waals surface area (Å²) in [6, 6.07) is 15.2. The van der Waals surface area contributed by atoms with Crippen molar-refractivity contribution < 1.29 is 14.4 Å². The Hall–Kier alpha value is -2.67. The van der Waals surface area contributed by atoms with E-state index in [1.807, 2.05) is 6.07 Å². The van der Waals surface area contributed by atoms with Crippen LogP contribution in [0.25, 0.3) is 0 Å². The van der Waals surface area contributed by atoms with Crippen molar-refractivity contribution in [3.05, 3.63) is 70.2 Å². The molecule has 2 aromatic rings. The molecule has 7 heteroatoms. The maximum absolute atomic E-state index is 12.0. The number of hydrogen-bond acceptors (Lipinski definition) is 3. The molecule has 0 aromatic heterocycles. The summed E-state index contributed by atoms with van der Waals surface area (Å²) < 4.78 is 0.630. The average molecular weight is 404 g/mol. The molecule has 0 aliphatic carbocycles. The maximum Gasteiger partial charge on any atom is 0.270 e. The van der Waals surface area contributed by atoms with Gasteiger partial charge < -0.3 is 5.32 Å². The number of hydrogen-bond donors (Lipinski definition) is 3. The third kappa shape index (κ3) is 5.72. The minimum atomic E-state index is -0.429. The Morgan fingerprint density at radius 1 is 0.920 bits per heavy atom. The lowest BCUT2D eigenvalue weighted by molar-refractivity contribution is -0.122. The van der Waals surface area contributed by atoms with E-state index in [1.165, 1.54) is 0 Å². The van der Waals surface area contributed by atoms with Gasteiger partial charge in [0.05, 0.1) is 5.56 Å². The van der Waals surface area contributed by atoms with Crippen molar-refractivity contribution in [2.75, 3.05) is 0 Å². The molecule has 0 radical (unpaired) electrons. The van der Waals surface area contributed by atoms with Gasteiger partial charge in [0.2, 0.25) is 5.91 Å². The van der Waals surface area contributed by atoms with Crippen LogP contribution < -0.4 is 16.2 Å². The zero-order valence-corrected chi connectivity index (χ0v) is 15.2. The fourth-order valence-corrected chi connectivity index (χ4v) is 2.58. The summed E-state index contributed by atoms with van der Waals surface area (Å²) >= 11 is 3.27. The second-order valence-corrected chi connectivity index (χ2v) is 6.28. The van der Waals surface area contributed by atoms with Crippen LogP contribution in [0.4, 0.5) is 0 Å². The number of halogens is 1. The molecule has 0 spiro atoms. The molecular formula is C18H18BrN3O3. The van der Waals surface area contributed by atoms with E-state index in [0.717, 1.165) is 0 Å². The van der Waals surface area contributed by atoms with Crippen LogP contribution in [0.1, 0.15) is 34.1 Å². The molecular weight excluding hydrogens is 386 g/mol. The fraction of sp³-hybridized carbons (Fsp3) is 0.167. The van der Waals surface area contributed by atoms with E-state index in [9.17, 15) is 14.4 Å². The number of hydrazine groups is 1. The summed E-state index contributed by atoms with van der Waals surface area (Å²) in [4.78, 5) is 35.9. The Bertz CT molecular complexity index is 765. The van der Waals surface area contributed by atoms with Gasteiger partial charge in [-0.15, -0.1) is 0 Å². The van der Waals surface area contributed by atoms with Gasteiger partial charge >= 0.3 is 0 Å². The Kier molecular flexibility index (Phi) is 6.71. The van der Waals surface area contributed by atoms with Crippen molar-refractivity contribution in [1.29, 1.82) is 0 Å². The first-order valence-electron chi connectivity index (χ1n) is 7.67. The molecule has 0 saturated carbocycles. The molecule has 6 nitrogen and oxygen atoms in total. The number of carbonyl (C=O) groups is 3. The number of benzene rings is 2. The first-order chi connectivity index (χ1) is 12.0. The molecule has 130 valence electrons. The molecule has 3 N–H and O–H groups in total. The highest BCUT2D eigenvalue weighted by Crippen LogP contribution is 2.15. The van der Waals surface area contributed by atoms with Gasteiger partial charge in [0.15, 0.2) is 0 Å². The summed E-state index contributed by atoms with van der Waals surface area (Å²) in [6.45, 7) is 1.72. The summed E-state index contributed by atoms with van der Waals surface area (Å²) in [5.41, 5.74) is 5.63. The SMILES string of the molecule is CC(CC(=O)NNC(=O)c1ccccc1Br)NC(=O)c1ccccc1. The van der Waals surface area contributed by atoms with Crippen molar-refractivity contribution in [2.45, 2.75) is 19.4 Å². The molecule has 0 saturated heterocycles. The lowest BCUT2D eigenvalue weighted by atomic mass is 10.1. The van der Waals surface area contributed by atoms with Gasteiger partial charge in [0.25, 0.3) is 11.8 Å². The summed E-state index contributed by atoms with van der Waals surface area (Å²) in [6.07, 6.45) is 0.0365. The first kappa shape index (κ1) is 18.7. The number of nitrogens with one attached hydrogen (secondary N) is 3. The van der Waals surface area contributed by atoms with E-state index >= 15 is 0 Å². The Labute approximate surface area is 154 Å². The van der Waals surface area contributed by atoms with Crippen LogP contribution in [-0.2, 0) is 4.79 Å². The highest BCUT2D eigenvalue weighted by Gasteiger charge is 2.14. The molecule has 0 aliphatic heterocycles. The third-order valence-electron chi connectivity index (χ3n) is 3.34. The molecule has 0 bridgehead atoms. The monoisotopic (exact) mass is 403 g/mol. The summed E-state index contributed by atoms with van der Waals surface area (Å²) in [7, 11) is 0. The summed E-state index contributed by atoms with van der Waals surface area (Å²) in [5.74, 6) is -1.08. The van der Waals surface area contributed by atoms with E-state index in [1.54, 1.807) is 55.5 Å². The van der Waals surface area contributed by atoms with Gasteiger partial charge in [0.1, 0.15) is 0 Å². The average Bonchev–Trinajstić information content (AvgIpc) is 2.60. The van der Waals surface area contributed by atoms with Crippen molar-refractivity contribution in [2.24, 2.45) is 0 Å². The van der Waals surface area contributed by atoms with Crippen molar-refractivity contribution >= 4 is 33.7 Å². The molecule has 25 heavy (non-hydrogen) atoms. The van der Waals surface area contributed by atoms with Crippen LogP contribution >= 0.6 is 15.9 Å².